The first-order chi connectivity index (χ1) is 13.6. The maximum absolute atomic E-state index is 12.1. The fraction of sp³-hybridized carbons (Fsp3) is 0.227. The van der Waals surface area contributed by atoms with Crippen LogP contribution in [0.2, 0.25) is 0 Å². The number of thiazole rings is 1. The number of aromatic nitrogens is 1. The zero-order valence-electron chi connectivity index (χ0n) is 15.6. The Morgan fingerprint density at radius 3 is 2.46 bits per heavy atom. The van der Waals surface area contributed by atoms with Gasteiger partial charge in [0.05, 0.1) is 0 Å². The van der Waals surface area contributed by atoms with Crippen LogP contribution in [0.4, 0.5) is 0 Å². The first-order valence-electron chi connectivity index (χ1n) is 9.13. The lowest BCUT2D eigenvalue weighted by molar-refractivity contribution is -0.124. The number of carbonyl (C=O) groups is 2. The van der Waals surface area contributed by atoms with Crippen molar-refractivity contribution in [3.8, 4) is 10.6 Å². The molecule has 5 nitrogen and oxygen atoms in total. The molecule has 28 heavy (non-hydrogen) atoms. The molecular formula is C22H22N2O3S. The van der Waals surface area contributed by atoms with E-state index in [-0.39, 0.29) is 24.2 Å². The second-order valence-electron chi connectivity index (χ2n) is 6.47. The predicted molar refractivity (Wildman–Crippen MR) is 110 cm³/mol. The highest BCUT2D eigenvalue weighted by atomic mass is 32.1. The van der Waals surface area contributed by atoms with Crippen LogP contribution >= 0.6 is 11.3 Å². The zero-order valence-corrected chi connectivity index (χ0v) is 16.4. The normalized spacial score (nSPS) is 11.6. The number of hydrogen-bond acceptors (Lipinski definition) is 5. The quantitative estimate of drug-likeness (QED) is 0.584. The summed E-state index contributed by atoms with van der Waals surface area (Å²) in [6.45, 7) is 1.63. The van der Waals surface area contributed by atoms with Crippen LogP contribution in [0, 0.1) is 0 Å². The molecule has 0 aliphatic heterocycles. The molecular weight excluding hydrogens is 372 g/mol. The molecule has 3 rings (SSSR count). The third kappa shape index (κ3) is 5.76. The molecule has 144 valence electrons. The van der Waals surface area contributed by atoms with E-state index in [2.05, 4.69) is 22.4 Å². The van der Waals surface area contributed by atoms with Crippen LogP contribution in [0.25, 0.3) is 10.6 Å². The van der Waals surface area contributed by atoms with Gasteiger partial charge in [-0.1, -0.05) is 60.7 Å². The van der Waals surface area contributed by atoms with Gasteiger partial charge >= 0.3 is 5.97 Å². The van der Waals surface area contributed by atoms with Gasteiger partial charge in [-0.05, 0) is 25.3 Å². The summed E-state index contributed by atoms with van der Waals surface area (Å²) in [6.07, 6.45) is 1.69. The van der Waals surface area contributed by atoms with Crippen LogP contribution in [-0.4, -0.2) is 29.5 Å². The van der Waals surface area contributed by atoms with Crippen molar-refractivity contribution >= 4 is 23.2 Å². The predicted octanol–water partition coefficient (Wildman–Crippen LogP) is 4.10. The lowest BCUT2D eigenvalue weighted by Crippen LogP contribution is -2.36. The summed E-state index contributed by atoms with van der Waals surface area (Å²) in [6, 6.07) is 19.7. The first-order valence-corrected chi connectivity index (χ1v) is 10.0. The summed E-state index contributed by atoms with van der Waals surface area (Å²) in [4.78, 5) is 28.4. The Kier molecular flexibility index (Phi) is 6.92. The standard InChI is InChI=1S/C22H22N2O3S/c1-16(12-13-17-8-4-2-5-9-17)23-20(25)14-27-22(26)19-15-28-21(24-19)18-10-6-3-7-11-18/h2-11,15-16H,12-14H2,1H3,(H,23,25)/t16-/m1/s1. The highest BCUT2D eigenvalue weighted by Crippen LogP contribution is 2.23. The average Bonchev–Trinajstić information content (AvgIpc) is 3.22. The molecule has 0 saturated heterocycles. The van der Waals surface area contributed by atoms with E-state index >= 15 is 0 Å². The number of rotatable bonds is 8. The van der Waals surface area contributed by atoms with Crippen molar-refractivity contribution in [1.82, 2.24) is 10.3 Å². The minimum Gasteiger partial charge on any atom is -0.451 e. The van der Waals surface area contributed by atoms with E-state index in [4.69, 9.17) is 4.74 Å². The molecule has 1 aromatic heterocycles. The summed E-state index contributed by atoms with van der Waals surface area (Å²) >= 11 is 1.37. The number of nitrogens with zero attached hydrogens (tertiary/aromatic N) is 1. The van der Waals surface area contributed by atoms with Crippen molar-refractivity contribution in [3.63, 3.8) is 0 Å². The van der Waals surface area contributed by atoms with E-state index < -0.39 is 5.97 Å². The Morgan fingerprint density at radius 1 is 1.07 bits per heavy atom. The minimum absolute atomic E-state index is 0.00429. The topological polar surface area (TPSA) is 68.3 Å². The summed E-state index contributed by atoms with van der Waals surface area (Å²) in [5, 5.41) is 5.24. The van der Waals surface area contributed by atoms with Crippen LogP contribution in [0.15, 0.2) is 66.0 Å². The van der Waals surface area contributed by atoms with E-state index in [0.29, 0.717) is 0 Å². The average molecular weight is 394 g/mol. The monoisotopic (exact) mass is 394 g/mol. The fourth-order valence-electron chi connectivity index (χ4n) is 2.70. The number of esters is 1. The van der Waals surface area contributed by atoms with Crippen LogP contribution < -0.4 is 5.32 Å². The Morgan fingerprint density at radius 2 is 1.75 bits per heavy atom. The third-order valence-electron chi connectivity index (χ3n) is 4.18. The molecule has 0 spiro atoms. The van der Waals surface area contributed by atoms with Crippen molar-refractivity contribution in [2.24, 2.45) is 0 Å². The van der Waals surface area contributed by atoms with Crippen LogP contribution in [0.5, 0.6) is 0 Å². The largest absolute Gasteiger partial charge is 0.451 e. The molecule has 1 amide bonds. The molecule has 0 radical (unpaired) electrons. The molecule has 1 heterocycles. The number of ether oxygens (including phenoxy) is 1. The van der Waals surface area contributed by atoms with Crippen LogP contribution in [-0.2, 0) is 16.0 Å². The number of nitrogens with one attached hydrogen (secondary N) is 1. The SMILES string of the molecule is C[C@H](CCc1ccccc1)NC(=O)COC(=O)c1csc(-c2ccccc2)n1. The molecule has 1 atom stereocenters. The molecule has 0 aliphatic rings. The molecule has 2 aromatic carbocycles. The van der Waals surface area contributed by atoms with E-state index in [1.54, 1.807) is 5.38 Å². The molecule has 0 bridgehead atoms. The summed E-state index contributed by atoms with van der Waals surface area (Å²) in [5.74, 6) is -0.905. The molecule has 0 fully saturated rings. The Labute approximate surface area is 168 Å². The maximum Gasteiger partial charge on any atom is 0.358 e. The van der Waals surface area contributed by atoms with Gasteiger partial charge in [-0.15, -0.1) is 11.3 Å². The lowest BCUT2D eigenvalue weighted by Gasteiger charge is -2.13. The van der Waals surface area contributed by atoms with Gasteiger partial charge in [0.2, 0.25) is 0 Å². The highest BCUT2D eigenvalue weighted by Gasteiger charge is 2.15. The second kappa shape index (κ2) is 9.80. The molecule has 6 heteroatoms. The van der Waals surface area contributed by atoms with Crippen LogP contribution in [0.3, 0.4) is 0 Å². The minimum atomic E-state index is -0.592. The van der Waals surface area contributed by atoms with Crippen molar-refractivity contribution in [2.45, 2.75) is 25.8 Å². The molecule has 0 saturated carbocycles. The van der Waals surface area contributed by atoms with Gasteiger partial charge in [0.25, 0.3) is 5.91 Å². The van der Waals surface area contributed by atoms with Crippen molar-refractivity contribution in [1.29, 1.82) is 0 Å². The molecule has 0 aliphatic carbocycles. The van der Waals surface area contributed by atoms with Gasteiger partial charge < -0.3 is 10.1 Å². The van der Waals surface area contributed by atoms with Crippen molar-refractivity contribution in [3.05, 3.63) is 77.3 Å². The molecule has 3 aromatic rings. The summed E-state index contributed by atoms with van der Waals surface area (Å²) < 4.78 is 5.10. The van der Waals surface area contributed by atoms with Crippen molar-refractivity contribution in [2.75, 3.05) is 6.61 Å². The zero-order chi connectivity index (χ0) is 19.8. The highest BCUT2D eigenvalue weighted by molar-refractivity contribution is 7.13. The van der Waals surface area contributed by atoms with E-state index in [1.807, 2.05) is 55.5 Å². The second-order valence-corrected chi connectivity index (χ2v) is 7.33. The Balaban J connectivity index is 1.43. The number of aryl methyl sites for hydroxylation is 1. The smallest absolute Gasteiger partial charge is 0.358 e. The van der Waals surface area contributed by atoms with Gasteiger partial charge in [-0.3, -0.25) is 4.79 Å². The van der Waals surface area contributed by atoms with Gasteiger partial charge in [0.15, 0.2) is 12.3 Å². The van der Waals surface area contributed by atoms with Gasteiger partial charge in [0.1, 0.15) is 5.01 Å². The number of carbonyl (C=O) groups excluding carboxylic acids is 2. The van der Waals surface area contributed by atoms with Gasteiger partial charge in [-0.25, -0.2) is 9.78 Å². The fourth-order valence-corrected chi connectivity index (χ4v) is 3.50. The summed E-state index contributed by atoms with van der Waals surface area (Å²) in [5.41, 5.74) is 2.39. The van der Waals surface area contributed by atoms with Crippen LogP contribution in [0.1, 0.15) is 29.4 Å². The third-order valence-corrected chi connectivity index (χ3v) is 5.08. The van der Waals surface area contributed by atoms with Gasteiger partial charge in [-0.2, -0.15) is 0 Å². The van der Waals surface area contributed by atoms with E-state index in [9.17, 15) is 9.59 Å². The molecule has 0 unspecified atom stereocenters. The Bertz CT molecular complexity index is 910. The van der Waals surface area contributed by atoms with Gasteiger partial charge in [0, 0.05) is 17.0 Å². The summed E-state index contributed by atoms with van der Waals surface area (Å²) in [7, 11) is 0. The molecule has 1 N–H and O–H groups in total. The number of hydrogen-bond donors (Lipinski definition) is 1. The van der Waals surface area contributed by atoms with E-state index in [1.165, 1.54) is 16.9 Å². The number of benzene rings is 2. The van der Waals surface area contributed by atoms with Crippen molar-refractivity contribution < 1.29 is 14.3 Å². The number of amides is 1. The lowest BCUT2D eigenvalue weighted by atomic mass is 10.1. The first kappa shape index (κ1) is 19.8. The maximum atomic E-state index is 12.1. The van der Waals surface area contributed by atoms with E-state index in [0.717, 1.165) is 23.4 Å². The Hall–Kier alpha value is -2.99.